The van der Waals surface area contributed by atoms with Gasteiger partial charge in [-0.2, -0.15) is 0 Å². The third-order valence-electron chi connectivity index (χ3n) is 2.46. The van der Waals surface area contributed by atoms with Gasteiger partial charge in [0.2, 0.25) is 5.95 Å². The van der Waals surface area contributed by atoms with E-state index in [2.05, 4.69) is 27.1 Å². The number of nitrogens with one attached hydrogen (secondary N) is 1. The number of halogens is 1. The second kappa shape index (κ2) is 4.33. The van der Waals surface area contributed by atoms with E-state index in [0.717, 1.165) is 31.3 Å². The summed E-state index contributed by atoms with van der Waals surface area (Å²) in [5, 5.41) is 3.90. The van der Waals surface area contributed by atoms with E-state index in [0.29, 0.717) is 11.2 Å². The van der Waals surface area contributed by atoms with Crippen molar-refractivity contribution in [1.29, 1.82) is 0 Å². The van der Waals surface area contributed by atoms with Gasteiger partial charge in [0.15, 0.2) is 0 Å². The molecule has 1 aromatic heterocycles. The number of rotatable bonds is 1. The van der Waals surface area contributed by atoms with Crippen LogP contribution in [0.5, 0.6) is 0 Å². The first-order valence-corrected chi connectivity index (χ1v) is 5.52. The standard InChI is InChI=1S/C10H15ClN4/c1-7-5-9(11)14-10(13-7)15-4-3-12-8(2)6-15/h5,8,12H,3-4,6H2,1-2H3/t8-/m0/s1. The molecule has 1 N–H and O–H groups in total. The first-order chi connectivity index (χ1) is 7.15. The molecule has 0 unspecified atom stereocenters. The molecule has 0 radical (unpaired) electrons. The van der Waals surface area contributed by atoms with Crippen LogP contribution in [0.1, 0.15) is 12.6 Å². The smallest absolute Gasteiger partial charge is 0.227 e. The summed E-state index contributed by atoms with van der Waals surface area (Å²) in [7, 11) is 0. The number of aromatic nitrogens is 2. The molecule has 0 bridgehead atoms. The van der Waals surface area contributed by atoms with Gasteiger partial charge in [-0.05, 0) is 19.9 Å². The van der Waals surface area contributed by atoms with Gasteiger partial charge in [0.05, 0.1) is 0 Å². The molecule has 1 fully saturated rings. The van der Waals surface area contributed by atoms with Crippen molar-refractivity contribution in [1.82, 2.24) is 15.3 Å². The normalized spacial score (nSPS) is 21.8. The topological polar surface area (TPSA) is 41.1 Å². The molecule has 82 valence electrons. The number of hydrogen-bond acceptors (Lipinski definition) is 4. The first-order valence-electron chi connectivity index (χ1n) is 5.14. The van der Waals surface area contributed by atoms with E-state index in [4.69, 9.17) is 11.6 Å². The van der Waals surface area contributed by atoms with Crippen molar-refractivity contribution in [2.75, 3.05) is 24.5 Å². The molecule has 1 aliphatic heterocycles. The van der Waals surface area contributed by atoms with Crippen LogP contribution in [-0.4, -0.2) is 35.6 Å². The molecule has 2 heterocycles. The number of nitrogens with zero attached hydrogens (tertiary/aromatic N) is 3. The van der Waals surface area contributed by atoms with Gasteiger partial charge in [0, 0.05) is 31.4 Å². The summed E-state index contributed by atoms with van der Waals surface area (Å²) < 4.78 is 0. The molecule has 15 heavy (non-hydrogen) atoms. The van der Waals surface area contributed by atoms with Crippen molar-refractivity contribution in [3.63, 3.8) is 0 Å². The monoisotopic (exact) mass is 226 g/mol. The van der Waals surface area contributed by atoms with Crippen molar-refractivity contribution < 1.29 is 0 Å². The van der Waals surface area contributed by atoms with Gasteiger partial charge in [-0.1, -0.05) is 11.6 Å². The van der Waals surface area contributed by atoms with E-state index >= 15 is 0 Å². The van der Waals surface area contributed by atoms with Crippen LogP contribution in [0.2, 0.25) is 5.15 Å². The van der Waals surface area contributed by atoms with Crippen LogP contribution in [0.4, 0.5) is 5.95 Å². The van der Waals surface area contributed by atoms with Crippen molar-refractivity contribution >= 4 is 17.5 Å². The third-order valence-corrected chi connectivity index (χ3v) is 2.66. The van der Waals surface area contributed by atoms with E-state index in [1.807, 2.05) is 6.92 Å². The molecule has 0 spiro atoms. The Kier molecular flexibility index (Phi) is 3.07. The summed E-state index contributed by atoms with van der Waals surface area (Å²) in [6, 6.07) is 2.25. The molecule has 1 aliphatic rings. The van der Waals surface area contributed by atoms with Crippen molar-refractivity contribution in [3.05, 3.63) is 16.9 Å². The summed E-state index contributed by atoms with van der Waals surface area (Å²) in [4.78, 5) is 10.8. The molecule has 0 saturated carbocycles. The zero-order chi connectivity index (χ0) is 10.8. The summed E-state index contributed by atoms with van der Waals surface area (Å²) in [5.41, 5.74) is 0.913. The lowest BCUT2D eigenvalue weighted by molar-refractivity contribution is 0.479. The highest BCUT2D eigenvalue weighted by Gasteiger charge is 2.18. The lowest BCUT2D eigenvalue weighted by Crippen LogP contribution is -2.49. The lowest BCUT2D eigenvalue weighted by Gasteiger charge is -2.31. The Hall–Kier alpha value is -0.870. The Bertz CT molecular complexity index is 335. The Morgan fingerprint density at radius 3 is 3.00 bits per heavy atom. The Labute approximate surface area is 94.7 Å². The first kappa shape index (κ1) is 10.6. The molecule has 2 rings (SSSR count). The van der Waals surface area contributed by atoms with E-state index < -0.39 is 0 Å². The number of hydrogen-bond donors (Lipinski definition) is 1. The van der Waals surface area contributed by atoms with Gasteiger partial charge in [-0.25, -0.2) is 9.97 Å². The minimum atomic E-state index is 0.474. The van der Waals surface area contributed by atoms with Gasteiger partial charge in [0.25, 0.3) is 0 Å². The van der Waals surface area contributed by atoms with Crippen LogP contribution in [0.25, 0.3) is 0 Å². The summed E-state index contributed by atoms with van der Waals surface area (Å²) in [6.45, 7) is 6.92. The van der Waals surface area contributed by atoms with E-state index in [-0.39, 0.29) is 0 Å². The largest absolute Gasteiger partial charge is 0.338 e. The molecule has 1 aromatic rings. The highest BCUT2D eigenvalue weighted by atomic mass is 35.5. The Morgan fingerprint density at radius 1 is 1.53 bits per heavy atom. The molecular formula is C10H15ClN4. The molecule has 0 aliphatic carbocycles. The summed E-state index contributed by atoms with van der Waals surface area (Å²) in [5.74, 6) is 0.744. The van der Waals surface area contributed by atoms with Crippen LogP contribution in [-0.2, 0) is 0 Å². The molecule has 1 saturated heterocycles. The van der Waals surface area contributed by atoms with Crippen LogP contribution < -0.4 is 10.2 Å². The van der Waals surface area contributed by atoms with Gasteiger partial charge in [-0.15, -0.1) is 0 Å². The summed E-state index contributed by atoms with van der Waals surface area (Å²) in [6.07, 6.45) is 0. The van der Waals surface area contributed by atoms with Gasteiger partial charge < -0.3 is 10.2 Å². The number of anilines is 1. The summed E-state index contributed by atoms with van der Waals surface area (Å²) >= 11 is 5.91. The zero-order valence-corrected chi connectivity index (χ0v) is 9.75. The van der Waals surface area contributed by atoms with Gasteiger partial charge in [-0.3, -0.25) is 0 Å². The highest BCUT2D eigenvalue weighted by molar-refractivity contribution is 6.29. The van der Waals surface area contributed by atoms with Crippen molar-refractivity contribution in [2.24, 2.45) is 0 Å². The minimum Gasteiger partial charge on any atom is -0.338 e. The van der Waals surface area contributed by atoms with Crippen molar-refractivity contribution in [2.45, 2.75) is 19.9 Å². The third kappa shape index (κ3) is 2.58. The lowest BCUT2D eigenvalue weighted by atomic mass is 10.2. The average molecular weight is 227 g/mol. The second-order valence-corrected chi connectivity index (χ2v) is 4.32. The Morgan fingerprint density at radius 2 is 2.33 bits per heavy atom. The molecule has 5 heteroatoms. The van der Waals surface area contributed by atoms with Crippen LogP contribution >= 0.6 is 11.6 Å². The van der Waals surface area contributed by atoms with E-state index in [1.54, 1.807) is 6.07 Å². The maximum atomic E-state index is 5.91. The number of aryl methyl sites for hydroxylation is 1. The number of piperazine rings is 1. The molecular weight excluding hydrogens is 212 g/mol. The highest BCUT2D eigenvalue weighted by Crippen LogP contribution is 2.15. The van der Waals surface area contributed by atoms with Crippen LogP contribution in [0.3, 0.4) is 0 Å². The molecule has 4 nitrogen and oxygen atoms in total. The predicted molar refractivity (Wildman–Crippen MR) is 61.5 cm³/mol. The van der Waals surface area contributed by atoms with E-state index in [9.17, 15) is 0 Å². The predicted octanol–water partition coefficient (Wildman–Crippen LogP) is 1.24. The van der Waals surface area contributed by atoms with Crippen LogP contribution in [0.15, 0.2) is 6.07 Å². The zero-order valence-electron chi connectivity index (χ0n) is 9.00. The van der Waals surface area contributed by atoms with Crippen LogP contribution in [0, 0.1) is 6.92 Å². The second-order valence-electron chi connectivity index (χ2n) is 3.93. The maximum Gasteiger partial charge on any atom is 0.227 e. The fraction of sp³-hybridized carbons (Fsp3) is 0.600. The van der Waals surface area contributed by atoms with Gasteiger partial charge >= 0.3 is 0 Å². The SMILES string of the molecule is Cc1cc(Cl)nc(N2CCN[C@@H](C)C2)n1. The molecule has 1 atom stereocenters. The quantitative estimate of drug-likeness (QED) is 0.732. The minimum absolute atomic E-state index is 0.474. The van der Waals surface area contributed by atoms with E-state index in [1.165, 1.54) is 0 Å². The Balaban J connectivity index is 2.20. The maximum absolute atomic E-state index is 5.91. The molecule has 0 aromatic carbocycles. The average Bonchev–Trinajstić information content (AvgIpc) is 2.16. The van der Waals surface area contributed by atoms with Crippen molar-refractivity contribution in [3.8, 4) is 0 Å². The van der Waals surface area contributed by atoms with Gasteiger partial charge in [0.1, 0.15) is 5.15 Å². The fourth-order valence-corrected chi connectivity index (χ4v) is 2.00. The fourth-order valence-electron chi connectivity index (χ4n) is 1.77. The molecule has 0 amide bonds.